The summed E-state index contributed by atoms with van der Waals surface area (Å²) in [5, 5.41) is 3.14. The fourth-order valence-electron chi connectivity index (χ4n) is 3.54. The minimum absolute atomic E-state index is 0.0131. The van der Waals surface area contributed by atoms with Gasteiger partial charge in [0.2, 0.25) is 0 Å². The van der Waals surface area contributed by atoms with E-state index in [-0.39, 0.29) is 11.9 Å². The van der Waals surface area contributed by atoms with Crippen molar-refractivity contribution in [2.24, 2.45) is 0 Å². The Morgan fingerprint density at radius 2 is 1.74 bits per heavy atom. The van der Waals surface area contributed by atoms with Gasteiger partial charge in [0.05, 0.1) is 6.04 Å². The molecule has 2 aromatic rings. The van der Waals surface area contributed by atoms with Gasteiger partial charge >= 0.3 is 0 Å². The molecule has 0 heterocycles. The first kappa shape index (κ1) is 15.8. The summed E-state index contributed by atoms with van der Waals surface area (Å²) in [5.74, 6) is 0.0193. The zero-order chi connectivity index (χ0) is 16.4. The Morgan fingerprint density at radius 3 is 2.48 bits per heavy atom. The van der Waals surface area contributed by atoms with E-state index in [0.717, 1.165) is 18.4 Å². The van der Waals surface area contributed by atoms with Crippen molar-refractivity contribution >= 4 is 5.91 Å². The summed E-state index contributed by atoms with van der Waals surface area (Å²) in [5.41, 5.74) is 7.20. The minimum Gasteiger partial charge on any atom is -0.346 e. The van der Waals surface area contributed by atoms with Crippen LogP contribution in [0.4, 0.5) is 0 Å². The van der Waals surface area contributed by atoms with Gasteiger partial charge in [-0.3, -0.25) is 4.79 Å². The number of aryl methyl sites for hydroxylation is 4. The molecule has 0 spiro atoms. The smallest absolute Gasteiger partial charge is 0.251 e. The van der Waals surface area contributed by atoms with Crippen LogP contribution in [-0.4, -0.2) is 5.91 Å². The first-order valence-corrected chi connectivity index (χ1v) is 8.54. The lowest BCUT2D eigenvalue weighted by molar-refractivity contribution is 0.0939. The molecule has 0 radical (unpaired) electrons. The molecule has 1 N–H and O–H groups in total. The number of rotatable bonds is 3. The highest BCUT2D eigenvalue weighted by Crippen LogP contribution is 2.23. The minimum atomic E-state index is 0.0131. The standard InChI is InChI=1S/C21H25NO/c1-14-8-11-20(15(2)12-14)16(3)22-21(23)19-10-9-17-6-4-5-7-18(17)13-19/h8-13,16H,4-7H2,1-3H3,(H,22,23)/t16-/m0/s1. The third-order valence-electron chi connectivity index (χ3n) is 4.85. The maximum Gasteiger partial charge on any atom is 0.251 e. The molecule has 2 heteroatoms. The van der Waals surface area contributed by atoms with Crippen molar-refractivity contribution < 1.29 is 4.79 Å². The number of carbonyl (C=O) groups excluding carboxylic acids is 1. The molecule has 0 unspecified atom stereocenters. The molecule has 23 heavy (non-hydrogen) atoms. The van der Waals surface area contributed by atoms with Gasteiger partial charge in [0, 0.05) is 5.56 Å². The molecule has 0 saturated carbocycles. The van der Waals surface area contributed by atoms with E-state index in [1.54, 1.807) is 0 Å². The lowest BCUT2D eigenvalue weighted by Gasteiger charge is -2.19. The van der Waals surface area contributed by atoms with Crippen molar-refractivity contribution in [2.45, 2.75) is 52.5 Å². The van der Waals surface area contributed by atoms with Crippen LogP contribution in [-0.2, 0) is 12.8 Å². The molecule has 1 aliphatic carbocycles. The van der Waals surface area contributed by atoms with Crippen molar-refractivity contribution in [3.63, 3.8) is 0 Å². The molecule has 120 valence electrons. The highest BCUT2D eigenvalue weighted by atomic mass is 16.1. The van der Waals surface area contributed by atoms with E-state index < -0.39 is 0 Å². The Morgan fingerprint density at radius 1 is 1.00 bits per heavy atom. The van der Waals surface area contributed by atoms with E-state index >= 15 is 0 Å². The highest BCUT2D eigenvalue weighted by molar-refractivity contribution is 5.94. The molecule has 2 nitrogen and oxygen atoms in total. The predicted octanol–water partition coefficient (Wildman–Crippen LogP) is 4.67. The van der Waals surface area contributed by atoms with Gasteiger partial charge in [0.15, 0.2) is 0 Å². The Labute approximate surface area is 138 Å². The molecule has 2 aromatic carbocycles. The Bertz CT molecular complexity index is 733. The predicted molar refractivity (Wildman–Crippen MR) is 94.9 cm³/mol. The number of hydrogen-bond acceptors (Lipinski definition) is 1. The molecule has 0 aromatic heterocycles. The number of benzene rings is 2. The quantitative estimate of drug-likeness (QED) is 0.877. The third kappa shape index (κ3) is 3.47. The van der Waals surface area contributed by atoms with Gasteiger partial charge in [0.25, 0.3) is 5.91 Å². The molecule has 1 atom stereocenters. The molecule has 3 rings (SSSR count). The highest BCUT2D eigenvalue weighted by Gasteiger charge is 2.16. The van der Waals surface area contributed by atoms with E-state index in [0.29, 0.717) is 0 Å². The molecule has 0 saturated heterocycles. The normalized spacial score (nSPS) is 14.9. The number of fused-ring (bicyclic) bond motifs is 1. The summed E-state index contributed by atoms with van der Waals surface area (Å²) in [7, 11) is 0. The fraction of sp³-hybridized carbons (Fsp3) is 0.381. The molecular formula is C21H25NO. The first-order chi connectivity index (χ1) is 11.0. The molecular weight excluding hydrogens is 282 g/mol. The van der Waals surface area contributed by atoms with Gasteiger partial charge in [-0.2, -0.15) is 0 Å². The van der Waals surface area contributed by atoms with Crippen LogP contribution in [0.5, 0.6) is 0 Å². The number of amides is 1. The van der Waals surface area contributed by atoms with Crippen LogP contribution >= 0.6 is 0 Å². The number of nitrogens with one attached hydrogen (secondary N) is 1. The van der Waals surface area contributed by atoms with Crippen LogP contribution in [0.15, 0.2) is 36.4 Å². The monoisotopic (exact) mass is 307 g/mol. The van der Waals surface area contributed by atoms with E-state index in [1.165, 1.54) is 40.7 Å². The van der Waals surface area contributed by atoms with Gasteiger partial charge in [-0.1, -0.05) is 29.8 Å². The maximum atomic E-state index is 12.6. The zero-order valence-corrected chi connectivity index (χ0v) is 14.3. The third-order valence-corrected chi connectivity index (χ3v) is 4.85. The van der Waals surface area contributed by atoms with Gasteiger partial charge in [-0.05, 0) is 80.8 Å². The van der Waals surface area contributed by atoms with Crippen LogP contribution in [0, 0.1) is 13.8 Å². The maximum absolute atomic E-state index is 12.6. The van der Waals surface area contributed by atoms with Crippen molar-refractivity contribution in [1.82, 2.24) is 5.32 Å². The summed E-state index contributed by atoms with van der Waals surface area (Å²) in [4.78, 5) is 12.6. The fourth-order valence-corrected chi connectivity index (χ4v) is 3.54. The molecule has 0 fully saturated rings. The second kappa shape index (κ2) is 6.57. The van der Waals surface area contributed by atoms with Crippen LogP contribution in [0.25, 0.3) is 0 Å². The van der Waals surface area contributed by atoms with E-state index in [2.05, 4.69) is 49.5 Å². The van der Waals surface area contributed by atoms with Gasteiger partial charge < -0.3 is 5.32 Å². The van der Waals surface area contributed by atoms with Crippen molar-refractivity contribution in [3.8, 4) is 0 Å². The first-order valence-electron chi connectivity index (χ1n) is 8.54. The van der Waals surface area contributed by atoms with Gasteiger partial charge in [0.1, 0.15) is 0 Å². The lowest BCUT2D eigenvalue weighted by atomic mass is 9.90. The molecule has 1 amide bonds. The topological polar surface area (TPSA) is 29.1 Å². The van der Waals surface area contributed by atoms with Crippen molar-refractivity contribution in [1.29, 1.82) is 0 Å². The lowest BCUT2D eigenvalue weighted by Crippen LogP contribution is -2.27. The average molecular weight is 307 g/mol. The average Bonchev–Trinajstić information content (AvgIpc) is 2.54. The Balaban J connectivity index is 1.76. The number of hydrogen-bond donors (Lipinski definition) is 1. The summed E-state index contributed by atoms with van der Waals surface area (Å²) in [6.45, 7) is 6.24. The molecule has 0 aliphatic heterocycles. The van der Waals surface area contributed by atoms with Crippen molar-refractivity contribution in [3.05, 3.63) is 69.8 Å². The summed E-state index contributed by atoms with van der Waals surface area (Å²) in [6.07, 6.45) is 4.75. The largest absolute Gasteiger partial charge is 0.346 e. The number of carbonyl (C=O) groups is 1. The second-order valence-electron chi connectivity index (χ2n) is 6.75. The van der Waals surface area contributed by atoms with E-state index in [9.17, 15) is 4.79 Å². The van der Waals surface area contributed by atoms with E-state index in [4.69, 9.17) is 0 Å². The Kier molecular flexibility index (Phi) is 4.51. The van der Waals surface area contributed by atoms with E-state index in [1.807, 2.05) is 13.0 Å². The molecule has 1 aliphatic rings. The summed E-state index contributed by atoms with van der Waals surface area (Å²) < 4.78 is 0. The van der Waals surface area contributed by atoms with Gasteiger partial charge in [-0.15, -0.1) is 0 Å². The van der Waals surface area contributed by atoms with Crippen LogP contribution in [0.3, 0.4) is 0 Å². The SMILES string of the molecule is Cc1ccc([C@H](C)NC(=O)c2ccc3c(c2)CCCC3)c(C)c1. The summed E-state index contributed by atoms with van der Waals surface area (Å²) >= 11 is 0. The zero-order valence-electron chi connectivity index (χ0n) is 14.3. The van der Waals surface area contributed by atoms with Crippen LogP contribution < -0.4 is 5.32 Å². The van der Waals surface area contributed by atoms with Crippen molar-refractivity contribution in [2.75, 3.05) is 0 Å². The second-order valence-corrected chi connectivity index (χ2v) is 6.75. The van der Waals surface area contributed by atoms with Crippen LogP contribution in [0.2, 0.25) is 0 Å². The summed E-state index contributed by atoms with van der Waals surface area (Å²) in [6, 6.07) is 12.6. The van der Waals surface area contributed by atoms with Gasteiger partial charge in [-0.25, -0.2) is 0 Å². The van der Waals surface area contributed by atoms with Crippen LogP contribution in [0.1, 0.15) is 64.0 Å². The Hall–Kier alpha value is -2.09. The molecule has 0 bridgehead atoms.